The molecule has 0 saturated carbocycles. The molecule has 0 amide bonds. The number of hydrogen-bond donors (Lipinski definition) is 0. The summed E-state index contributed by atoms with van der Waals surface area (Å²) in [5, 5.41) is 0. The summed E-state index contributed by atoms with van der Waals surface area (Å²) in [5.41, 5.74) is 2.10. The summed E-state index contributed by atoms with van der Waals surface area (Å²) in [5.74, 6) is 0. The summed E-state index contributed by atoms with van der Waals surface area (Å²) in [6.07, 6.45) is 0. The Labute approximate surface area is 137 Å². The van der Waals surface area contributed by atoms with Crippen LogP contribution >= 0.6 is 11.8 Å². The summed E-state index contributed by atoms with van der Waals surface area (Å²) in [6, 6.07) is 8.97. The molecule has 1 aromatic rings. The zero-order chi connectivity index (χ0) is 16.7. The van der Waals surface area contributed by atoms with Crippen molar-refractivity contribution in [2.24, 2.45) is 10.8 Å². The van der Waals surface area contributed by atoms with Gasteiger partial charge in [0.2, 0.25) is 0 Å². The zero-order valence-electron chi connectivity index (χ0n) is 15.7. The molecule has 1 heterocycles. The number of rotatable bonds is 0. The van der Waals surface area contributed by atoms with E-state index in [0.717, 1.165) is 0 Å². The Bertz CT molecular complexity index is 492. The van der Waals surface area contributed by atoms with Gasteiger partial charge in [-0.1, -0.05) is 73.6 Å². The van der Waals surface area contributed by atoms with Crippen molar-refractivity contribution in [1.29, 1.82) is 0 Å². The highest BCUT2D eigenvalue weighted by molar-refractivity contribution is 8.00. The second kappa shape index (κ2) is 5.65. The lowest BCUT2D eigenvalue weighted by atomic mass is 9.50. The summed E-state index contributed by atoms with van der Waals surface area (Å²) in [6.45, 7) is 23.4. The Kier molecular flexibility index (Phi) is 5.01. The van der Waals surface area contributed by atoms with Crippen LogP contribution in [0.15, 0.2) is 29.2 Å². The quantitative estimate of drug-likeness (QED) is 0.501. The van der Waals surface area contributed by atoms with E-state index < -0.39 is 0 Å². The maximum atomic E-state index is 2.44. The highest BCUT2D eigenvalue weighted by Crippen LogP contribution is 2.64. The van der Waals surface area contributed by atoms with E-state index in [4.69, 9.17) is 0 Å². The van der Waals surface area contributed by atoms with E-state index >= 15 is 0 Å². The SMILES string of the molecule is CC.CC1(C)Sc2ccccc2C(C)(C)C(C)(C)C1(C)C. The van der Waals surface area contributed by atoms with Crippen LogP contribution < -0.4 is 0 Å². The molecule has 0 unspecified atom stereocenters. The predicted molar refractivity (Wildman–Crippen MR) is 98.3 cm³/mol. The van der Waals surface area contributed by atoms with Gasteiger partial charge in [0.05, 0.1) is 0 Å². The van der Waals surface area contributed by atoms with Gasteiger partial charge in [-0.15, -0.1) is 11.8 Å². The van der Waals surface area contributed by atoms with Gasteiger partial charge >= 0.3 is 0 Å². The van der Waals surface area contributed by atoms with Gasteiger partial charge in [0.25, 0.3) is 0 Å². The van der Waals surface area contributed by atoms with Gasteiger partial charge in [-0.2, -0.15) is 0 Å². The average molecular weight is 307 g/mol. The maximum Gasteiger partial charge on any atom is 0.0207 e. The second-order valence-electron chi connectivity index (χ2n) is 7.98. The van der Waals surface area contributed by atoms with Crippen molar-refractivity contribution in [3.8, 4) is 0 Å². The molecule has 0 aliphatic carbocycles. The number of thioether (sulfide) groups is 1. The molecule has 0 fully saturated rings. The van der Waals surface area contributed by atoms with Crippen LogP contribution in [0.25, 0.3) is 0 Å². The molecule has 0 bridgehead atoms. The van der Waals surface area contributed by atoms with Crippen LogP contribution in [0.4, 0.5) is 0 Å². The van der Waals surface area contributed by atoms with Gasteiger partial charge in [-0.05, 0) is 41.7 Å². The zero-order valence-corrected chi connectivity index (χ0v) is 16.5. The van der Waals surface area contributed by atoms with E-state index in [1.807, 2.05) is 25.6 Å². The lowest BCUT2D eigenvalue weighted by Crippen LogP contribution is -2.53. The van der Waals surface area contributed by atoms with Crippen LogP contribution in [0.1, 0.15) is 74.8 Å². The van der Waals surface area contributed by atoms with Crippen molar-refractivity contribution in [2.45, 2.75) is 84.3 Å². The molecule has 21 heavy (non-hydrogen) atoms. The van der Waals surface area contributed by atoms with Crippen molar-refractivity contribution in [3.63, 3.8) is 0 Å². The first kappa shape index (κ1) is 18.6. The van der Waals surface area contributed by atoms with Gasteiger partial charge in [0.15, 0.2) is 0 Å². The Morgan fingerprint density at radius 2 is 1.19 bits per heavy atom. The van der Waals surface area contributed by atoms with Crippen LogP contribution in [0.2, 0.25) is 0 Å². The molecule has 0 saturated heterocycles. The number of benzene rings is 1. The minimum Gasteiger partial charge on any atom is -0.119 e. The smallest absolute Gasteiger partial charge is 0.0207 e. The molecule has 2 rings (SSSR count). The van der Waals surface area contributed by atoms with Crippen LogP contribution in [0, 0.1) is 10.8 Å². The predicted octanol–water partition coefficient (Wildman–Crippen LogP) is 6.93. The van der Waals surface area contributed by atoms with Gasteiger partial charge in [0.1, 0.15) is 0 Å². The standard InChI is InChI=1S/C18H28S.C2H6/c1-15(2)13-11-9-10-12-14(13)19-18(7,8)17(5,6)16(15,3)4;1-2/h9-12H,1-8H3;1-2H3. The minimum atomic E-state index is 0.161. The van der Waals surface area contributed by atoms with Gasteiger partial charge < -0.3 is 0 Å². The van der Waals surface area contributed by atoms with Crippen LogP contribution in [0.5, 0.6) is 0 Å². The molecule has 1 heteroatoms. The van der Waals surface area contributed by atoms with E-state index in [9.17, 15) is 0 Å². The highest BCUT2D eigenvalue weighted by Gasteiger charge is 2.57. The van der Waals surface area contributed by atoms with Crippen molar-refractivity contribution >= 4 is 11.8 Å². The second-order valence-corrected chi connectivity index (χ2v) is 9.65. The Balaban J connectivity index is 0.00000106. The Hall–Kier alpha value is -0.430. The summed E-state index contributed by atoms with van der Waals surface area (Å²) in [4.78, 5) is 1.45. The molecule has 0 nitrogen and oxygen atoms in total. The third kappa shape index (κ3) is 2.56. The van der Waals surface area contributed by atoms with Crippen molar-refractivity contribution in [1.82, 2.24) is 0 Å². The van der Waals surface area contributed by atoms with Crippen molar-refractivity contribution in [3.05, 3.63) is 29.8 Å². The fourth-order valence-electron chi connectivity index (χ4n) is 3.34. The molecule has 1 aliphatic heterocycles. The van der Waals surface area contributed by atoms with E-state index in [1.54, 1.807) is 0 Å². The maximum absolute atomic E-state index is 2.44. The first-order valence-electron chi connectivity index (χ1n) is 8.24. The molecule has 0 N–H and O–H groups in total. The minimum absolute atomic E-state index is 0.161. The van der Waals surface area contributed by atoms with Gasteiger partial charge in [0, 0.05) is 9.64 Å². The normalized spacial score (nSPS) is 24.1. The van der Waals surface area contributed by atoms with Crippen LogP contribution in [-0.4, -0.2) is 4.75 Å². The fraction of sp³-hybridized carbons (Fsp3) is 0.700. The largest absolute Gasteiger partial charge is 0.119 e. The summed E-state index contributed by atoms with van der Waals surface area (Å²) < 4.78 is 0.209. The summed E-state index contributed by atoms with van der Waals surface area (Å²) in [7, 11) is 0. The molecule has 0 radical (unpaired) electrons. The fourth-order valence-corrected chi connectivity index (χ4v) is 4.98. The lowest BCUT2D eigenvalue weighted by Gasteiger charge is -2.56. The van der Waals surface area contributed by atoms with E-state index in [2.05, 4.69) is 79.7 Å². The van der Waals surface area contributed by atoms with Crippen molar-refractivity contribution < 1.29 is 0 Å². The molecule has 0 spiro atoms. The Morgan fingerprint density at radius 3 is 1.71 bits per heavy atom. The molecular weight excluding hydrogens is 272 g/mol. The molecular formula is C20H34S. The Morgan fingerprint density at radius 1 is 0.714 bits per heavy atom. The molecule has 0 atom stereocenters. The molecule has 1 aliphatic rings. The lowest BCUT2D eigenvalue weighted by molar-refractivity contribution is 0.00815. The number of hydrogen-bond acceptors (Lipinski definition) is 1. The topological polar surface area (TPSA) is 0 Å². The van der Waals surface area contributed by atoms with Gasteiger partial charge in [-0.25, -0.2) is 0 Å². The van der Waals surface area contributed by atoms with E-state index in [-0.39, 0.29) is 21.0 Å². The van der Waals surface area contributed by atoms with Crippen molar-refractivity contribution in [2.75, 3.05) is 0 Å². The first-order valence-corrected chi connectivity index (χ1v) is 9.05. The summed E-state index contributed by atoms with van der Waals surface area (Å²) >= 11 is 2.05. The van der Waals surface area contributed by atoms with E-state index in [0.29, 0.717) is 0 Å². The first-order chi connectivity index (χ1) is 9.45. The van der Waals surface area contributed by atoms with Crippen LogP contribution in [-0.2, 0) is 5.41 Å². The third-order valence-corrected chi connectivity index (χ3v) is 8.15. The number of fused-ring (bicyclic) bond motifs is 1. The molecule has 1 aromatic carbocycles. The monoisotopic (exact) mass is 306 g/mol. The van der Waals surface area contributed by atoms with Gasteiger partial charge in [-0.3, -0.25) is 0 Å². The van der Waals surface area contributed by atoms with E-state index in [1.165, 1.54) is 10.5 Å². The third-order valence-electron chi connectivity index (χ3n) is 6.56. The molecule has 120 valence electrons. The average Bonchev–Trinajstić information content (AvgIpc) is 2.42. The van der Waals surface area contributed by atoms with Crippen LogP contribution in [0.3, 0.4) is 0 Å². The molecule has 0 aromatic heterocycles. The highest BCUT2D eigenvalue weighted by atomic mass is 32.2.